The smallest absolute Gasteiger partial charge is 0.161 e. The van der Waals surface area contributed by atoms with E-state index < -0.39 is 0 Å². The molecule has 1 N–H and O–H groups in total. The van der Waals surface area contributed by atoms with E-state index in [1.54, 1.807) is 43.3 Å². The van der Waals surface area contributed by atoms with Crippen molar-refractivity contribution >= 4 is 5.71 Å². The molecule has 0 saturated carbocycles. The third kappa shape index (κ3) is 3.51. The predicted octanol–water partition coefficient (Wildman–Crippen LogP) is 3.61. The van der Waals surface area contributed by atoms with Crippen LogP contribution in [0.1, 0.15) is 18.1 Å². The zero-order valence-corrected chi connectivity index (χ0v) is 11.8. The molecular formula is C16H16FNO3. The highest BCUT2D eigenvalue weighted by Crippen LogP contribution is 2.29. The fraction of sp³-hybridized carbons (Fsp3) is 0.188. The van der Waals surface area contributed by atoms with Gasteiger partial charge in [-0.3, -0.25) is 0 Å². The van der Waals surface area contributed by atoms with Gasteiger partial charge in [0.2, 0.25) is 0 Å². The third-order valence-corrected chi connectivity index (χ3v) is 3.07. The van der Waals surface area contributed by atoms with Gasteiger partial charge >= 0.3 is 0 Å². The van der Waals surface area contributed by atoms with Crippen molar-refractivity contribution in [2.24, 2.45) is 5.16 Å². The van der Waals surface area contributed by atoms with Crippen LogP contribution in [0.15, 0.2) is 47.6 Å². The monoisotopic (exact) mass is 289 g/mol. The van der Waals surface area contributed by atoms with Gasteiger partial charge in [0.25, 0.3) is 0 Å². The van der Waals surface area contributed by atoms with E-state index in [0.717, 1.165) is 0 Å². The molecule has 0 radical (unpaired) electrons. The summed E-state index contributed by atoms with van der Waals surface area (Å²) < 4.78 is 24.4. The first-order chi connectivity index (χ1) is 10.2. The van der Waals surface area contributed by atoms with E-state index in [1.807, 2.05) is 0 Å². The lowest BCUT2D eigenvalue weighted by molar-refractivity contribution is 0.279. The van der Waals surface area contributed by atoms with Crippen LogP contribution in [0.25, 0.3) is 0 Å². The maximum Gasteiger partial charge on any atom is 0.161 e. The first kappa shape index (κ1) is 14.8. The molecule has 0 fully saturated rings. The van der Waals surface area contributed by atoms with Crippen molar-refractivity contribution in [2.45, 2.75) is 13.5 Å². The lowest BCUT2D eigenvalue weighted by Gasteiger charge is -2.12. The average molecular weight is 289 g/mol. The highest BCUT2D eigenvalue weighted by molar-refractivity contribution is 5.98. The molecule has 5 heteroatoms. The molecule has 2 aromatic rings. The van der Waals surface area contributed by atoms with Crippen LogP contribution in [0.4, 0.5) is 4.39 Å². The Hall–Kier alpha value is -2.56. The molecule has 0 amide bonds. The number of oxime groups is 1. The first-order valence-corrected chi connectivity index (χ1v) is 6.39. The van der Waals surface area contributed by atoms with Crippen molar-refractivity contribution in [1.29, 1.82) is 0 Å². The molecule has 0 aliphatic carbocycles. The van der Waals surface area contributed by atoms with Gasteiger partial charge < -0.3 is 14.7 Å². The van der Waals surface area contributed by atoms with Crippen molar-refractivity contribution < 1.29 is 19.1 Å². The second-order valence-corrected chi connectivity index (χ2v) is 4.43. The summed E-state index contributed by atoms with van der Waals surface area (Å²) in [5, 5.41) is 11.9. The quantitative estimate of drug-likeness (QED) is 0.519. The van der Waals surface area contributed by atoms with Crippen LogP contribution in [0.2, 0.25) is 0 Å². The Morgan fingerprint density at radius 2 is 1.95 bits per heavy atom. The van der Waals surface area contributed by atoms with Crippen LogP contribution in [0, 0.1) is 5.82 Å². The minimum atomic E-state index is -0.309. The molecule has 0 aliphatic rings. The molecule has 0 spiro atoms. The Morgan fingerprint density at radius 1 is 1.19 bits per heavy atom. The van der Waals surface area contributed by atoms with Gasteiger partial charge in [-0.2, -0.15) is 0 Å². The number of halogens is 1. The van der Waals surface area contributed by atoms with Crippen LogP contribution in [-0.2, 0) is 6.61 Å². The Morgan fingerprint density at radius 3 is 2.62 bits per heavy atom. The molecule has 2 rings (SSSR count). The fourth-order valence-electron chi connectivity index (χ4n) is 1.84. The summed E-state index contributed by atoms with van der Waals surface area (Å²) in [5.41, 5.74) is 1.65. The molecule has 0 unspecified atom stereocenters. The molecule has 0 bridgehead atoms. The van der Waals surface area contributed by atoms with Gasteiger partial charge in [0.15, 0.2) is 11.5 Å². The highest BCUT2D eigenvalue weighted by Gasteiger charge is 2.09. The third-order valence-electron chi connectivity index (χ3n) is 3.07. The summed E-state index contributed by atoms with van der Waals surface area (Å²) in [6, 6.07) is 11.6. The van der Waals surface area contributed by atoms with Gasteiger partial charge in [0, 0.05) is 11.1 Å². The summed E-state index contributed by atoms with van der Waals surface area (Å²) in [7, 11) is 1.51. The van der Waals surface area contributed by atoms with Crippen molar-refractivity contribution in [3.63, 3.8) is 0 Å². The van der Waals surface area contributed by atoms with Gasteiger partial charge in [-0.1, -0.05) is 23.4 Å². The van der Waals surface area contributed by atoms with E-state index in [9.17, 15) is 4.39 Å². The molecule has 110 valence electrons. The van der Waals surface area contributed by atoms with Gasteiger partial charge in [-0.15, -0.1) is 0 Å². The molecule has 21 heavy (non-hydrogen) atoms. The molecular weight excluding hydrogens is 273 g/mol. The van der Waals surface area contributed by atoms with Gasteiger partial charge in [-0.25, -0.2) is 4.39 Å². The highest BCUT2D eigenvalue weighted by atomic mass is 19.1. The van der Waals surface area contributed by atoms with Crippen molar-refractivity contribution in [3.8, 4) is 11.5 Å². The number of methoxy groups -OCH3 is 1. The number of rotatable bonds is 5. The zero-order chi connectivity index (χ0) is 15.2. The largest absolute Gasteiger partial charge is 0.493 e. The molecule has 0 aliphatic heterocycles. The predicted molar refractivity (Wildman–Crippen MR) is 77.7 cm³/mol. The normalized spacial score (nSPS) is 11.3. The van der Waals surface area contributed by atoms with E-state index in [-0.39, 0.29) is 12.4 Å². The van der Waals surface area contributed by atoms with Crippen LogP contribution in [0.5, 0.6) is 11.5 Å². The van der Waals surface area contributed by atoms with Gasteiger partial charge in [0.05, 0.1) is 12.8 Å². The van der Waals surface area contributed by atoms with Crippen molar-refractivity contribution in [3.05, 3.63) is 59.4 Å². The second kappa shape index (κ2) is 6.74. The Labute approximate surface area is 122 Å². The van der Waals surface area contributed by atoms with E-state index >= 15 is 0 Å². The SMILES string of the molecule is COc1cc(/C(C)=N/O)ccc1OCc1ccccc1F. The fourth-order valence-corrected chi connectivity index (χ4v) is 1.84. The van der Waals surface area contributed by atoms with Gasteiger partial charge in [0.1, 0.15) is 12.4 Å². The summed E-state index contributed by atoms with van der Waals surface area (Å²) in [4.78, 5) is 0. The van der Waals surface area contributed by atoms with Crippen LogP contribution in [0.3, 0.4) is 0 Å². The Balaban J connectivity index is 2.19. The number of nitrogens with zero attached hydrogens (tertiary/aromatic N) is 1. The first-order valence-electron chi connectivity index (χ1n) is 6.39. The van der Waals surface area contributed by atoms with Crippen molar-refractivity contribution in [2.75, 3.05) is 7.11 Å². The standard InChI is InChI=1S/C16H16FNO3/c1-11(18-19)12-7-8-15(16(9-12)20-2)21-10-13-5-3-4-6-14(13)17/h3-9,19H,10H2,1-2H3/b18-11+. The summed E-state index contributed by atoms with van der Waals surface area (Å²) >= 11 is 0. The van der Waals surface area contributed by atoms with Crippen LogP contribution >= 0.6 is 0 Å². The average Bonchev–Trinajstić information content (AvgIpc) is 2.53. The molecule has 2 aromatic carbocycles. The minimum Gasteiger partial charge on any atom is -0.493 e. The van der Waals surface area contributed by atoms with E-state index in [2.05, 4.69) is 5.16 Å². The Kier molecular flexibility index (Phi) is 4.77. The summed E-state index contributed by atoms with van der Waals surface area (Å²) in [6.07, 6.45) is 0. The summed E-state index contributed by atoms with van der Waals surface area (Å²) in [6.45, 7) is 1.78. The van der Waals surface area contributed by atoms with E-state index in [1.165, 1.54) is 13.2 Å². The maximum absolute atomic E-state index is 13.5. The zero-order valence-electron chi connectivity index (χ0n) is 11.8. The molecule has 0 heterocycles. The number of hydrogen-bond donors (Lipinski definition) is 1. The van der Waals surface area contributed by atoms with Gasteiger partial charge in [-0.05, 0) is 31.2 Å². The minimum absolute atomic E-state index is 0.107. The molecule has 0 atom stereocenters. The lowest BCUT2D eigenvalue weighted by atomic mass is 10.1. The van der Waals surface area contributed by atoms with E-state index in [0.29, 0.717) is 28.3 Å². The van der Waals surface area contributed by atoms with Crippen LogP contribution < -0.4 is 9.47 Å². The lowest BCUT2D eigenvalue weighted by Crippen LogP contribution is -2.01. The topological polar surface area (TPSA) is 51.0 Å². The summed E-state index contributed by atoms with van der Waals surface area (Å²) in [5.74, 6) is 0.679. The number of ether oxygens (including phenoxy) is 2. The number of hydrogen-bond acceptors (Lipinski definition) is 4. The Bertz CT molecular complexity index is 656. The molecule has 0 aromatic heterocycles. The number of benzene rings is 2. The molecule has 0 saturated heterocycles. The van der Waals surface area contributed by atoms with Crippen molar-refractivity contribution in [1.82, 2.24) is 0 Å². The van der Waals surface area contributed by atoms with E-state index in [4.69, 9.17) is 14.7 Å². The molecule has 4 nitrogen and oxygen atoms in total. The van der Waals surface area contributed by atoms with Crippen LogP contribution in [-0.4, -0.2) is 18.0 Å². The maximum atomic E-state index is 13.5. The second-order valence-electron chi connectivity index (χ2n) is 4.43.